The number of rotatable bonds is 4. The molecule has 24 heavy (non-hydrogen) atoms. The Kier molecular flexibility index (Phi) is 4.24. The maximum Gasteiger partial charge on any atom is 0.317 e. The lowest BCUT2D eigenvalue weighted by molar-refractivity contribution is 0.180. The second-order valence-electron chi connectivity index (χ2n) is 6.88. The van der Waals surface area contributed by atoms with Crippen LogP contribution in [0.5, 0.6) is 0 Å². The van der Waals surface area contributed by atoms with Crippen LogP contribution in [0.25, 0.3) is 0 Å². The topological polar surface area (TPSA) is 58.4 Å². The summed E-state index contributed by atoms with van der Waals surface area (Å²) in [4.78, 5) is 14.3. The highest BCUT2D eigenvalue weighted by molar-refractivity contribution is 5.74. The molecule has 2 aromatic rings. The SMILES string of the molecule is O=C(NC[C@@H]1C[C@H]1c1ccccc1)N1CCC(c2ccon2)CC1. The molecule has 2 heterocycles. The van der Waals surface area contributed by atoms with E-state index in [-0.39, 0.29) is 6.03 Å². The van der Waals surface area contributed by atoms with Gasteiger partial charge in [0.05, 0.1) is 5.69 Å². The van der Waals surface area contributed by atoms with Crippen LogP contribution in [0.4, 0.5) is 4.79 Å². The molecule has 0 spiro atoms. The minimum Gasteiger partial charge on any atom is -0.365 e. The zero-order chi connectivity index (χ0) is 16.4. The monoisotopic (exact) mass is 325 g/mol. The summed E-state index contributed by atoms with van der Waals surface area (Å²) in [5.74, 6) is 1.62. The molecule has 1 aliphatic carbocycles. The van der Waals surface area contributed by atoms with Gasteiger partial charge in [0.2, 0.25) is 0 Å². The van der Waals surface area contributed by atoms with E-state index >= 15 is 0 Å². The number of piperidine rings is 1. The van der Waals surface area contributed by atoms with Gasteiger partial charge in [0.25, 0.3) is 0 Å². The highest BCUT2D eigenvalue weighted by atomic mass is 16.5. The van der Waals surface area contributed by atoms with Crippen molar-refractivity contribution in [3.8, 4) is 0 Å². The van der Waals surface area contributed by atoms with E-state index in [4.69, 9.17) is 4.52 Å². The molecule has 2 aliphatic rings. The zero-order valence-electron chi connectivity index (χ0n) is 13.7. The van der Waals surface area contributed by atoms with Crippen molar-refractivity contribution in [3.63, 3.8) is 0 Å². The fourth-order valence-electron chi connectivity index (χ4n) is 3.72. The number of urea groups is 1. The quantitative estimate of drug-likeness (QED) is 0.937. The molecule has 2 amide bonds. The van der Waals surface area contributed by atoms with Gasteiger partial charge in [0, 0.05) is 31.6 Å². The lowest BCUT2D eigenvalue weighted by Crippen LogP contribution is -2.44. The van der Waals surface area contributed by atoms with E-state index < -0.39 is 0 Å². The van der Waals surface area contributed by atoms with Crippen LogP contribution >= 0.6 is 0 Å². The Morgan fingerprint density at radius 1 is 1.21 bits per heavy atom. The number of amides is 2. The van der Waals surface area contributed by atoms with Gasteiger partial charge in [-0.15, -0.1) is 0 Å². The van der Waals surface area contributed by atoms with Crippen LogP contribution in [0.1, 0.15) is 42.4 Å². The molecule has 126 valence electrons. The van der Waals surface area contributed by atoms with Crippen LogP contribution in [0.3, 0.4) is 0 Å². The lowest BCUT2D eigenvalue weighted by Gasteiger charge is -2.31. The number of hydrogen-bond acceptors (Lipinski definition) is 3. The number of nitrogens with one attached hydrogen (secondary N) is 1. The van der Waals surface area contributed by atoms with Crippen molar-refractivity contribution in [3.05, 3.63) is 53.9 Å². The fraction of sp³-hybridized carbons (Fsp3) is 0.474. The third kappa shape index (κ3) is 3.30. The number of nitrogens with zero attached hydrogens (tertiary/aromatic N) is 2. The molecular weight excluding hydrogens is 302 g/mol. The number of likely N-dealkylation sites (tertiary alicyclic amines) is 1. The lowest BCUT2D eigenvalue weighted by atomic mass is 9.94. The summed E-state index contributed by atoms with van der Waals surface area (Å²) >= 11 is 0. The standard InChI is InChI=1S/C19H23N3O2/c23-19(20-13-16-12-17(16)14-4-2-1-3-5-14)22-9-6-15(7-10-22)18-8-11-24-21-18/h1-5,8,11,15-17H,6-7,9-10,12-13H2,(H,20,23)/t16-,17-/m0/s1. The zero-order valence-corrected chi connectivity index (χ0v) is 13.7. The Labute approximate surface area is 142 Å². The molecule has 4 rings (SSSR count). The molecule has 1 aromatic carbocycles. The van der Waals surface area contributed by atoms with E-state index in [9.17, 15) is 4.79 Å². The summed E-state index contributed by atoms with van der Waals surface area (Å²) in [5, 5.41) is 7.14. The molecule has 5 nitrogen and oxygen atoms in total. The summed E-state index contributed by atoms with van der Waals surface area (Å²) in [6, 6.07) is 12.6. The average molecular weight is 325 g/mol. The van der Waals surface area contributed by atoms with E-state index in [0.29, 0.717) is 17.8 Å². The fourth-order valence-corrected chi connectivity index (χ4v) is 3.72. The first-order valence-electron chi connectivity index (χ1n) is 8.79. The van der Waals surface area contributed by atoms with Crippen molar-refractivity contribution in [2.45, 2.75) is 31.1 Å². The van der Waals surface area contributed by atoms with Crippen LogP contribution in [0.2, 0.25) is 0 Å². The maximum atomic E-state index is 12.3. The van der Waals surface area contributed by atoms with E-state index in [1.54, 1.807) is 6.26 Å². The third-order valence-corrected chi connectivity index (χ3v) is 5.32. The summed E-state index contributed by atoms with van der Waals surface area (Å²) in [7, 11) is 0. The first kappa shape index (κ1) is 15.2. The Bertz CT molecular complexity index is 663. The van der Waals surface area contributed by atoms with Crippen molar-refractivity contribution >= 4 is 6.03 Å². The molecule has 2 atom stereocenters. The van der Waals surface area contributed by atoms with Gasteiger partial charge in [-0.2, -0.15) is 0 Å². The van der Waals surface area contributed by atoms with Crippen molar-refractivity contribution < 1.29 is 9.32 Å². The summed E-state index contributed by atoms with van der Waals surface area (Å²) in [6.45, 7) is 2.36. The summed E-state index contributed by atoms with van der Waals surface area (Å²) in [6.07, 6.45) is 4.71. The van der Waals surface area contributed by atoms with Gasteiger partial charge >= 0.3 is 6.03 Å². The number of carbonyl (C=O) groups is 1. The van der Waals surface area contributed by atoms with E-state index in [1.807, 2.05) is 17.0 Å². The molecule has 0 bridgehead atoms. The summed E-state index contributed by atoms with van der Waals surface area (Å²) < 4.78 is 4.92. The minimum atomic E-state index is 0.0762. The van der Waals surface area contributed by atoms with Crippen molar-refractivity contribution in [2.75, 3.05) is 19.6 Å². The molecule has 0 radical (unpaired) electrons. The van der Waals surface area contributed by atoms with Gasteiger partial charge < -0.3 is 14.7 Å². The summed E-state index contributed by atoms with van der Waals surface area (Å²) in [5.41, 5.74) is 2.41. The van der Waals surface area contributed by atoms with Crippen LogP contribution in [0, 0.1) is 5.92 Å². The average Bonchev–Trinajstić information content (AvgIpc) is 3.21. The highest BCUT2D eigenvalue weighted by Gasteiger charge is 2.38. The number of benzene rings is 1. The second kappa shape index (κ2) is 6.67. The molecule has 5 heteroatoms. The van der Waals surface area contributed by atoms with E-state index in [1.165, 1.54) is 12.0 Å². The van der Waals surface area contributed by atoms with Gasteiger partial charge in [0.1, 0.15) is 6.26 Å². The largest absolute Gasteiger partial charge is 0.365 e. The Hall–Kier alpha value is -2.30. The van der Waals surface area contributed by atoms with Gasteiger partial charge in [-0.3, -0.25) is 0 Å². The first-order chi connectivity index (χ1) is 11.8. The van der Waals surface area contributed by atoms with Crippen molar-refractivity contribution in [2.24, 2.45) is 5.92 Å². The smallest absolute Gasteiger partial charge is 0.317 e. The van der Waals surface area contributed by atoms with E-state index in [0.717, 1.165) is 38.2 Å². The van der Waals surface area contributed by atoms with Gasteiger partial charge in [-0.25, -0.2) is 4.79 Å². The minimum absolute atomic E-state index is 0.0762. The second-order valence-corrected chi connectivity index (χ2v) is 6.88. The number of hydrogen-bond donors (Lipinski definition) is 1. The van der Waals surface area contributed by atoms with Gasteiger partial charge in [0.15, 0.2) is 0 Å². The van der Waals surface area contributed by atoms with Gasteiger partial charge in [-0.1, -0.05) is 35.5 Å². The normalized spacial score (nSPS) is 23.9. The molecule has 1 aliphatic heterocycles. The van der Waals surface area contributed by atoms with Gasteiger partial charge in [-0.05, 0) is 36.7 Å². The molecule has 0 unspecified atom stereocenters. The van der Waals surface area contributed by atoms with Crippen LogP contribution in [-0.2, 0) is 0 Å². The predicted molar refractivity (Wildman–Crippen MR) is 90.7 cm³/mol. The van der Waals surface area contributed by atoms with Crippen LogP contribution in [0.15, 0.2) is 47.2 Å². The third-order valence-electron chi connectivity index (χ3n) is 5.32. The Morgan fingerprint density at radius 2 is 2.00 bits per heavy atom. The predicted octanol–water partition coefficient (Wildman–Crippen LogP) is 3.37. The first-order valence-corrected chi connectivity index (χ1v) is 8.79. The Balaban J connectivity index is 1.21. The van der Waals surface area contributed by atoms with Crippen LogP contribution < -0.4 is 5.32 Å². The highest BCUT2D eigenvalue weighted by Crippen LogP contribution is 2.46. The van der Waals surface area contributed by atoms with Crippen LogP contribution in [-0.4, -0.2) is 35.7 Å². The molecule has 1 saturated heterocycles. The molecular formula is C19H23N3O2. The van der Waals surface area contributed by atoms with Crippen molar-refractivity contribution in [1.29, 1.82) is 0 Å². The maximum absolute atomic E-state index is 12.3. The molecule has 1 aromatic heterocycles. The molecule has 2 fully saturated rings. The molecule has 1 saturated carbocycles. The number of carbonyl (C=O) groups excluding carboxylic acids is 1. The van der Waals surface area contributed by atoms with Crippen molar-refractivity contribution in [1.82, 2.24) is 15.4 Å². The Morgan fingerprint density at radius 3 is 2.71 bits per heavy atom. The van der Waals surface area contributed by atoms with E-state index in [2.05, 4.69) is 34.7 Å². The number of aromatic nitrogens is 1. The molecule has 1 N–H and O–H groups in total.